The highest BCUT2D eigenvalue weighted by atomic mass is 16.5. The number of carbonyl (C=O) groups is 2. The van der Waals surface area contributed by atoms with Crippen LogP contribution >= 0.6 is 0 Å². The average Bonchev–Trinajstić information content (AvgIpc) is 3.09. The molecule has 29 heavy (non-hydrogen) atoms. The van der Waals surface area contributed by atoms with Gasteiger partial charge in [0, 0.05) is 18.4 Å². The molecule has 1 aliphatic rings. The van der Waals surface area contributed by atoms with Crippen molar-refractivity contribution in [3.63, 3.8) is 0 Å². The number of benzene rings is 2. The lowest BCUT2D eigenvalue weighted by molar-refractivity contribution is -0.123. The lowest BCUT2D eigenvalue weighted by Crippen LogP contribution is -2.44. The molecule has 0 aromatic heterocycles. The van der Waals surface area contributed by atoms with Gasteiger partial charge < -0.3 is 15.4 Å². The SMILES string of the molecule is COc1ccc([C@@H](C)NC(=O)CCC2(Cc3ccc(C)cc3)CCC(=O)N2)cc1. The minimum Gasteiger partial charge on any atom is -0.497 e. The summed E-state index contributed by atoms with van der Waals surface area (Å²) in [6.45, 7) is 4.03. The Morgan fingerprint density at radius 3 is 2.45 bits per heavy atom. The first-order chi connectivity index (χ1) is 13.9. The predicted molar refractivity (Wildman–Crippen MR) is 114 cm³/mol. The van der Waals surface area contributed by atoms with E-state index in [1.165, 1.54) is 11.1 Å². The van der Waals surface area contributed by atoms with Gasteiger partial charge in [-0.25, -0.2) is 0 Å². The van der Waals surface area contributed by atoms with Crippen molar-refractivity contribution in [3.8, 4) is 5.75 Å². The van der Waals surface area contributed by atoms with Crippen LogP contribution in [0, 0.1) is 6.92 Å². The van der Waals surface area contributed by atoms with Crippen molar-refractivity contribution in [2.45, 2.75) is 57.5 Å². The van der Waals surface area contributed by atoms with Crippen LogP contribution in [0.25, 0.3) is 0 Å². The van der Waals surface area contributed by atoms with E-state index in [0.717, 1.165) is 24.2 Å². The average molecular weight is 395 g/mol. The molecule has 2 aromatic carbocycles. The van der Waals surface area contributed by atoms with Gasteiger partial charge in [0.1, 0.15) is 5.75 Å². The topological polar surface area (TPSA) is 67.4 Å². The molecule has 1 unspecified atom stereocenters. The fourth-order valence-electron chi connectivity index (χ4n) is 3.92. The van der Waals surface area contributed by atoms with Crippen LogP contribution in [-0.4, -0.2) is 24.5 Å². The maximum absolute atomic E-state index is 12.6. The second-order valence-electron chi connectivity index (χ2n) is 8.05. The second kappa shape index (κ2) is 9.12. The molecular weight excluding hydrogens is 364 g/mol. The van der Waals surface area contributed by atoms with Gasteiger partial charge in [0.05, 0.1) is 13.2 Å². The van der Waals surface area contributed by atoms with E-state index in [1.807, 2.05) is 31.2 Å². The summed E-state index contributed by atoms with van der Waals surface area (Å²) in [5, 5.41) is 6.22. The van der Waals surface area contributed by atoms with E-state index in [-0.39, 0.29) is 23.4 Å². The van der Waals surface area contributed by atoms with Gasteiger partial charge in [0.2, 0.25) is 11.8 Å². The largest absolute Gasteiger partial charge is 0.497 e. The first-order valence-electron chi connectivity index (χ1n) is 10.2. The standard InChI is InChI=1S/C24H30N2O3/c1-17-4-6-19(7-5-17)16-24(15-13-23(28)26-24)14-12-22(27)25-18(2)20-8-10-21(29-3)11-9-20/h4-11,18H,12-16H2,1-3H3,(H,25,27)(H,26,28)/t18-,24?/m1/s1. The van der Waals surface area contributed by atoms with Crippen molar-refractivity contribution < 1.29 is 14.3 Å². The summed E-state index contributed by atoms with van der Waals surface area (Å²) in [4.78, 5) is 24.5. The van der Waals surface area contributed by atoms with Gasteiger partial charge in [-0.05, 0) is 56.4 Å². The third-order valence-electron chi connectivity index (χ3n) is 5.72. The van der Waals surface area contributed by atoms with E-state index in [0.29, 0.717) is 19.3 Å². The number of aryl methyl sites for hydroxylation is 1. The van der Waals surface area contributed by atoms with E-state index in [9.17, 15) is 9.59 Å². The molecule has 1 aliphatic heterocycles. The third kappa shape index (κ3) is 5.59. The molecule has 1 heterocycles. The Hall–Kier alpha value is -2.82. The van der Waals surface area contributed by atoms with Crippen LogP contribution in [0.2, 0.25) is 0 Å². The molecule has 1 saturated heterocycles. The second-order valence-corrected chi connectivity index (χ2v) is 8.05. The van der Waals surface area contributed by atoms with Crippen molar-refractivity contribution in [1.29, 1.82) is 0 Å². The van der Waals surface area contributed by atoms with Crippen LogP contribution < -0.4 is 15.4 Å². The van der Waals surface area contributed by atoms with E-state index in [4.69, 9.17) is 4.74 Å². The number of nitrogens with one attached hydrogen (secondary N) is 2. The van der Waals surface area contributed by atoms with Crippen molar-refractivity contribution in [2.75, 3.05) is 7.11 Å². The smallest absolute Gasteiger partial charge is 0.220 e. The number of ether oxygens (including phenoxy) is 1. The molecule has 0 spiro atoms. The summed E-state index contributed by atoms with van der Waals surface area (Å²) in [6.07, 6.45) is 3.05. The number of hydrogen-bond acceptors (Lipinski definition) is 3. The van der Waals surface area contributed by atoms with Crippen LogP contribution in [0.5, 0.6) is 5.75 Å². The van der Waals surface area contributed by atoms with E-state index < -0.39 is 0 Å². The zero-order valence-electron chi connectivity index (χ0n) is 17.5. The van der Waals surface area contributed by atoms with Crippen molar-refractivity contribution in [3.05, 3.63) is 65.2 Å². The Balaban J connectivity index is 1.59. The molecular formula is C24H30N2O3. The quantitative estimate of drug-likeness (QED) is 0.715. The number of hydrogen-bond donors (Lipinski definition) is 2. The lowest BCUT2D eigenvalue weighted by atomic mass is 9.84. The number of methoxy groups -OCH3 is 1. The highest BCUT2D eigenvalue weighted by Gasteiger charge is 2.37. The van der Waals surface area contributed by atoms with Crippen LogP contribution in [0.3, 0.4) is 0 Å². The molecule has 2 amide bonds. The van der Waals surface area contributed by atoms with Crippen LogP contribution in [0.1, 0.15) is 55.3 Å². The number of amides is 2. The molecule has 5 heteroatoms. The summed E-state index contributed by atoms with van der Waals surface area (Å²) >= 11 is 0. The molecule has 154 valence electrons. The summed E-state index contributed by atoms with van der Waals surface area (Å²) in [5.74, 6) is 0.865. The first-order valence-corrected chi connectivity index (χ1v) is 10.2. The predicted octanol–water partition coefficient (Wildman–Crippen LogP) is 3.85. The molecule has 0 bridgehead atoms. The van der Waals surface area contributed by atoms with Gasteiger partial charge >= 0.3 is 0 Å². The zero-order chi connectivity index (χ0) is 20.9. The molecule has 0 radical (unpaired) electrons. The summed E-state index contributed by atoms with van der Waals surface area (Å²) in [6, 6.07) is 16.0. The zero-order valence-corrected chi connectivity index (χ0v) is 17.5. The van der Waals surface area contributed by atoms with Gasteiger partial charge in [0.25, 0.3) is 0 Å². The fourth-order valence-corrected chi connectivity index (χ4v) is 3.92. The monoisotopic (exact) mass is 394 g/mol. The summed E-state index contributed by atoms with van der Waals surface area (Å²) in [7, 11) is 1.63. The Labute approximate surface area is 172 Å². The van der Waals surface area contributed by atoms with Crippen molar-refractivity contribution >= 4 is 11.8 Å². The lowest BCUT2D eigenvalue weighted by Gasteiger charge is -2.29. The van der Waals surface area contributed by atoms with Crippen molar-refractivity contribution in [1.82, 2.24) is 10.6 Å². The van der Waals surface area contributed by atoms with Crippen molar-refractivity contribution in [2.24, 2.45) is 0 Å². The van der Waals surface area contributed by atoms with Crippen LogP contribution in [-0.2, 0) is 16.0 Å². The van der Waals surface area contributed by atoms with Crippen LogP contribution in [0.15, 0.2) is 48.5 Å². The molecule has 2 N–H and O–H groups in total. The van der Waals surface area contributed by atoms with Gasteiger partial charge in [-0.15, -0.1) is 0 Å². The van der Waals surface area contributed by atoms with Crippen LogP contribution in [0.4, 0.5) is 0 Å². The third-order valence-corrected chi connectivity index (χ3v) is 5.72. The Bertz CT molecular complexity index is 845. The highest BCUT2D eigenvalue weighted by Crippen LogP contribution is 2.30. The maximum atomic E-state index is 12.6. The molecule has 3 rings (SSSR count). The summed E-state index contributed by atoms with van der Waals surface area (Å²) in [5.41, 5.74) is 3.09. The molecule has 0 saturated carbocycles. The maximum Gasteiger partial charge on any atom is 0.220 e. The molecule has 5 nitrogen and oxygen atoms in total. The van der Waals surface area contributed by atoms with E-state index in [2.05, 4.69) is 41.8 Å². The normalized spacial score (nSPS) is 19.5. The minimum atomic E-state index is -0.340. The molecule has 2 atom stereocenters. The van der Waals surface area contributed by atoms with Gasteiger partial charge in [0.15, 0.2) is 0 Å². The Morgan fingerprint density at radius 2 is 1.86 bits per heavy atom. The number of carbonyl (C=O) groups excluding carboxylic acids is 2. The Morgan fingerprint density at radius 1 is 1.17 bits per heavy atom. The van der Waals surface area contributed by atoms with E-state index >= 15 is 0 Å². The fraction of sp³-hybridized carbons (Fsp3) is 0.417. The molecule has 2 aromatic rings. The number of rotatable bonds is 8. The van der Waals surface area contributed by atoms with E-state index in [1.54, 1.807) is 7.11 Å². The molecule has 0 aliphatic carbocycles. The Kier molecular flexibility index (Phi) is 6.57. The first kappa shape index (κ1) is 20.9. The van der Waals surface area contributed by atoms with Gasteiger partial charge in [-0.2, -0.15) is 0 Å². The summed E-state index contributed by atoms with van der Waals surface area (Å²) < 4.78 is 5.18. The minimum absolute atomic E-state index is 0.00209. The van der Waals surface area contributed by atoms with Gasteiger partial charge in [-0.3, -0.25) is 9.59 Å². The highest BCUT2D eigenvalue weighted by molar-refractivity contribution is 5.80. The van der Waals surface area contributed by atoms with Gasteiger partial charge in [-0.1, -0.05) is 42.0 Å². The molecule has 1 fully saturated rings.